The molecule has 0 unspecified atom stereocenters. The SMILES string of the molecule is O=C([O-])CN(CCN(CC(=O)[O-])CC(=O)[O-])CC(=O)[O-].O=S(=O)([O-])[O-].[Cu+2].[Na+].[Na+].[Na+].[Na+]. The molecule has 0 amide bonds. The zero-order chi connectivity index (χ0) is 20.2. The summed E-state index contributed by atoms with van der Waals surface area (Å²) in [6, 6.07) is 0. The Bertz CT molecular complexity index is 522. The Morgan fingerprint density at radius 2 is 0.700 bits per heavy atom. The number of nitrogens with zero attached hydrogens (tertiary/aromatic N) is 2. The van der Waals surface area contributed by atoms with Gasteiger partial charge in [-0.1, -0.05) is 0 Å². The Kier molecular flexibility index (Phi) is 45.1. The van der Waals surface area contributed by atoms with E-state index in [-0.39, 0.29) is 148 Å². The second kappa shape index (κ2) is 27.4. The van der Waals surface area contributed by atoms with Gasteiger partial charge >= 0.3 is 135 Å². The Morgan fingerprint density at radius 3 is 0.800 bits per heavy atom. The summed E-state index contributed by atoms with van der Waals surface area (Å²) in [7, 11) is -5.17. The molecule has 0 aliphatic heterocycles. The second-order valence-corrected chi connectivity index (χ2v) is 5.13. The van der Waals surface area contributed by atoms with Crippen LogP contribution in [0.1, 0.15) is 0 Å². The van der Waals surface area contributed by atoms with Crippen LogP contribution < -0.4 is 139 Å². The van der Waals surface area contributed by atoms with Crippen LogP contribution in [0.25, 0.3) is 0 Å². The van der Waals surface area contributed by atoms with Gasteiger partial charge in [0, 0.05) is 49.7 Å². The summed E-state index contributed by atoms with van der Waals surface area (Å²) in [6.07, 6.45) is 0. The number of hydrogen-bond acceptors (Lipinski definition) is 14. The molecule has 0 atom stereocenters. The van der Waals surface area contributed by atoms with E-state index in [2.05, 4.69) is 0 Å². The minimum Gasteiger partial charge on any atom is -0.759 e. The van der Waals surface area contributed by atoms with Gasteiger partial charge in [-0.05, 0) is 0 Å². The van der Waals surface area contributed by atoms with E-state index in [1.165, 1.54) is 0 Å². The molecule has 14 nitrogen and oxygen atoms in total. The van der Waals surface area contributed by atoms with Crippen LogP contribution in [0.2, 0.25) is 0 Å². The summed E-state index contributed by atoms with van der Waals surface area (Å²) >= 11 is 0. The zero-order valence-corrected chi connectivity index (χ0v) is 26.5. The number of rotatable bonds is 11. The van der Waals surface area contributed by atoms with Crippen molar-refractivity contribution in [3.05, 3.63) is 0 Å². The fourth-order valence-corrected chi connectivity index (χ4v) is 1.44. The van der Waals surface area contributed by atoms with E-state index in [9.17, 15) is 39.6 Å². The van der Waals surface area contributed by atoms with Gasteiger partial charge < -0.3 is 48.7 Å². The monoisotopic (exact) mass is 539 g/mol. The number of carbonyl (C=O) groups excluding carboxylic acids is 4. The Morgan fingerprint density at radius 1 is 0.567 bits per heavy atom. The number of aliphatic carboxylic acids is 4. The number of carbonyl (C=O) groups is 4. The minimum atomic E-state index is -5.17. The smallest absolute Gasteiger partial charge is 0.759 e. The van der Waals surface area contributed by atoms with Crippen LogP contribution in [-0.2, 0) is 46.6 Å². The Balaban J connectivity index is -0.0000000948. The molecule has 0 saturated carbocycles. The van der Waals surface area contributed by atoms with Crippen molar-refractivity contribution in [1.29, 1.82) is 0 Å². The predicted octanol–water partition coefficient (Wildman–Crippen LogP) is -20.7. The van der Waals surface area contributed by atoms with Crippen molar-refractivity contribution in [3.8, 4) is 0 Å². The van der Waals surface area contributed by atoms with Gasteiger partial charge in [0.25, 0.3) is 0 Å². The first-order valence-electron chi connectivity index (χ1n) is 6.11. The molecule has 0 aromatic carbocycles. The van der Waals surface area contributed by atoms with Crippen LogP contribution in [0, 0.1) is 0 Å². The van der Waals surface area contributed by atoms with E-state index >= 15 is 0 Å². The topological polar surface area (TPSA) is 247 Å². The number of carboxylic acid groups (broad SMARTS) is 4. The van der Waals surface area contributed by atoms with Gasteiger partial charge in [0.05, 0.1) is 23.9 Å². The Labute approximate surface area is 271 Å². The molecule has 0 aliphatic rings. The summed E-state index contributed by atoms with van der Waals surface area (Å²) in [5.74, 6) is -6.12. The van der Waals surface area contributed by atoms with E-state index < -0.39 is 60.5 Å². The third-order valence-electron chi connectivity index (χ3n) is 2.14. The van der Waals surface area contributed by atoms with Crippen molar-refractivity contribution in [2.75, 3.05) is 39.3 Å². The molecular weight excluding hydrogens is 528 g/mol. The first-order chi connectivity index (χ1) is 11.2. The predicted molar refractivity (Wildman–Crippen MR) is 63.4 cm³/mol. The summed E-state index contributed by atoms with van der Waals surface area (Å²) in [5, 5.41) is 41.6. The van der Waals surface area contributed by atoms with E-state index in [4.69, 9.17) is 17.5 Å². The van der Waals surface area contributed by atoms with E-state index in [0.29, 0.717) is 0 Å². The van der Waals surface area contributed by atoms with Crippen LogP contribution in [0.4, 0.5) is 0 Å². The maximum absolute atomic E-state index is 10.4. The summed E-state index contributed by atoms with van der Waals surface area (Å²) in [6.45, 7) is -3.25. The normalized spacial score (nSPS) is 9.07. The average molecular weight is 540 g/mol. The van der Waals surface area contributed by atoms with Crippen molar-refractivity contribution in [1.82, 2.24) is 9.80 Å². The van der Waals surface area contributed by atoms with Crippen molar-refractivity contribution in [2.45, 2.75) is 0 Å². The first-order valence-corrected chi connectivity index (χ1v) is 7.44. The summed E-state index contributed by atoms with van der Waals surface area (Å²) < 4.78 is 34.1. The summed E-state index contributed by atoms with van der Waals surface area (Å²) in [5.41, 5.74) is 0. The molecule has 0 saturated heterocycles. The summed E-state index contributed by atoms with van der Waals surface area (Å²) in [4.78, 5) is 43.4. The van der Waals surface area contributed by atoms with Crippen LogP contribution in [0.3, 0.4) is 0 Å². The molecule has 0 fully saturated rings. The van der Waals surface area contributed by atoms with Crippen molar-refractivity contribution in [2.24, 2.45) is 0 Å². The molecular formula is C10H12CuN2Na4O12S. The standard InChI is InChI=1S/C10H16N2O8.Cu.4Na.H2O4S/c13-7(14)3-11(4-8(15)16)1-2-12(5-9(17)18)6-10(19)20;;;;;;1-5(2,3)4/h1-6H2,(H,13,14)(H,15,16)(H,17,18)(H,19,20);;;;;;(H2,1,2,3,4)/q;+2;4*+1;/p-6. The first kappa shape index (κ1) is 49.4. The maximum Gasteiger partial charge on any atom is 2.00 e. The quantitative estimate of drug-likeness (QED) is 0.134. The molecule has 0 spiro atoms. The Hall–Kier alpha value is 2.19. The molecule has 155 valence electrons. The van der Waals surface area contributed by atoms with Crippen LogP contribution in [0.15, 0.2) is 0 Å². The van der Waals surface area contributed by atoms with Gasteiger partial charge in [-0.25, -0.2) is 0 Å². The van der Waals surface area contributed by atoms with Crippen molar-refractivity contribution in [3.63, 3.8) is 0 Å². The van der Waals surface area contributed by atoms with Gasteiger partial charge in [0.2, 0.25) is 0 Å². The van der Waals surface area contributed by atoms with Crippen LogP contribution >= 0.6 is 0 Å². The molecule has 0 heterocycles. The van der Waals surface area contributed by atoms with E-state index in [1.54, 1.807) is 0 Å². The largest absolute Gasteiger partial charge is 2.00 e. The fourth-order valence-electron chi connectivity index (χ4n) is 1.44. The van der Waals surface area contributed by atoms with Gasteiger partial charge in [-0.3, -0.25) is 18.2 Å². The number of carboxylic acids is 4. The van der Waals surface area contributed by atoms with Crippen molar-refractivity contribution < 1.29 is 192 Å². The molecule has 0 bridgehead atoms. The van der Waals surface area contributed by atoms with Crippen molar-refractivity contribution >= 4 is 34.3 Å². The van der Waals surface area contributed by atoms with Gasteiger partial charge in [0.15, 0.2) is 0 Å². The van der Waals surface area contributed by atoms with Gasteiger partial charge in [-0.2, -0.15) is 0 Å². The molecule has 30 heavy (non-hydrogen) atoms. The third kappa shape index (κ3) is 47.8. The van der Waals surface area contributed by atoms with E-state index in [1.807, 2.05) is 0 Å². The minimum absolute atomic E-state index is 0. The molecule has 0 aliphatic carbocycles. The molecule has 20 heteroatoms. The molecule has 0 aromatic heterocycles. The molecule has 0 rings (SSSR count). The van der Waals surface area contributed by atoms with Gasteiger partial charge in [-0.15, -0.1) is 0 Å². The van der Waals surface area contributed by atoms with Crippen LogP contribution in [0.5, 0.6) is 0 Å². The average Bonchev–Trinajstić information content (AvgIpc) is 2.30. The maximum atomic E-state index is 10.4. The molecule has 1 radical (unpaired) electrons. The number of hydrogen-bond donors (Lipinski definition) is 0. The third-order valence-corrected chi connectivity index (χ3v) is 2.14. The second-order valence-electron chi connectivity index (χ2n) is 4.32. The fraction of sp³-hybridized carbons (Fsp3) is 0.600. The molecule has 0 aromatic rings. The zero-order valence-electron chi connectivity index (χ0n) is 16.7. The van der Waals surface area contributed by atoms with E-state index in [0.717, 1.165) is 9.80 Å². The van der Waals surface area contributed by atoms with Crippen LogP contribution in [-0.4, -0.2) is 90.5 Å². The van der Waals surface area contributed by atoms with Gasteiger partial charge in [0.1, 0.15) is 0 Å². The molecule has 0 N–H and O–H groups in total.